The molecule has 0 atom stereocenters. The van der Waals surface area contributed by atoms with Crippen molar-refractivity contribution in [3.8, 4) is 5.69 Å². The summed E-state index contributed by atoms with van der Waals surface area (Å²) in [6.07, 6.45) is 2.62. The van der Waals surface area contributed by atoms with Gasteiger partial charge in [-0.25, -0.2) is 27.2 Å². The molecule has 1 N–H and O–H groups in total. The zero-order valence-electron chi connectivity index (χ0n) is 12.1. The van der Waals surface area contributed by atoms with Gasteiger partial charge in [0.2, 0.25) is 0 Å². The van der Waals surface area contributed by atoms with E-state index in [0.717, 1.165) is 0 Å². The largest absolute Gasteiger partial charge is 0.320 e. The summed E-state index contributed by atoms with van der Waals surface area (Å²) in [6.45, 7) is 0. The Bertz CT molecular complexity index is 963. The van der Waals surface area contributed by atoms with Gasteiger partial charge in [-0.3, -0.25) is 4.79 Å². The molecule has 3 aromatic rings. The quantitative estimate of drug-likeness (QED) is 0.402. The number of hydrogen-bond acceptors (Lipinski definition) is 3. The Kier molecular flexibility index (Phi) is 4.53. The first-order chi connectivity index (χ1) is 11.9. The first-order valence-electron chi connectivity index (χ1n) is 6.67. The second-order valence-electron chi connectivity index (χ2n) is 4.80. The lowest BCUT2D eigenvalue weighted by atomic mass is 10.1. The predicted molar refractivity (Wildman–Crippen MR) is 83.3 cm³/mol. The summed E-state index contributed by atoms with van der Waals surface area (Å²) in [5.74, 6) is -8.66. The van der Waals surface area contributed by atoms with Crippen molar-refractivity contribution in [3.05, 3.63) is 70.2 Å². The fraction of sp³-hybridized carbons (Fsp3) is 0. The minimum absolute atomic E-state index is 0.161. The zero-order valence-corrected chi connectivity index (χ0v) is 13.7. The number of carbonyl (C=O) groups excluding carboxylic acids is 1. The molecule has 0 saturated carbocycles. The van der Waals surface area contributed by atoms with E-state index < -0.39 is 34.7 Å². The summed E-state index contributed by atoms with van der Waals surface area (Å²) in [6, 6.07) is 5.00. The van der Waals surface area contributed by atoms with Crippen LogP contribution in [0.15, 0.2) is 41.4 Å². The molecule has 0 aliphatic rings. The molecule has 1 amide bonds. The number of carbonyl (C=O) groups is 1. The maximum absolute atomic E-state index is 13.8. The van der Waals surface area contributed by atoms with Gasteiger partial charge in [0.1, 0.15) is 12.7 Å². The third-order valence-corrected chi connectivity index (χ3v) is 3.71. The second kappa shape index (κ2) is 6.63. The molecule has 0 saturated heterocycles. The van der Waals surface area contributed by atoms with Crippen LogP contribution < -0.4 is 5.32 Å². The predicted octanol–water partition coefficient (Wildman–Crippen LogP) is 3.84. The molecule has 0 spiro atoms. The molecule has 0 unspecified atom stereocenters. The number of hydrogen-bond donors (Lipinski definition) is 1. The number of benzene rings is 2. The van der Waals surface area contributed by atoms with E-state index in [9.17, 15) is 22.4 Å². The number of halogens is 5. The van der Waals surface area contributed by atoms with Gasteiger partial charge in [-0.1, -0.05) is 15.9 Å². The van der Waals surface area contributed by atoms with Gasteiger partial charge >= 0.3 is 0 Å². The third-order valence-electron chi connectivity index (χ3n) is 3.22. The van der Waals surface area contributed by atoms with Crippen molar-refractivity contribution in [2.24, 2.45) is 0 Å². The maximum Gasteiger partial charge on any atom is 0.258 e. The minimum atomic E-state index is -2.06. The smallest absolute Gasteiger partial charge is 0.258 e. The van der Waals surface area contributed by atoms with Gasteiger partial charge in [0.15, 0.2) is 23.3 Å². The van der Waals surface area contributed by atoms with E-state index in [-0.39, 0.29) is 11.8 Å². The summed E-state index contributed by atoms with van der Waals surface area (Å²) in [4.78, 5) is 16.0. The fourth-order valence-corrected chi connectivity index (χ4v) is 2.43. The third kappa shape index (κ3) is 3.25. The molecule has 5 nitrogen and oxygen atoms in total. The van der Waals surface area contributed by atoms with Gasteiger partial charge in [0, 0.05) is 4.47 Å². The molecular formula is C15H7BrF4N4O. The van der Waals surface area contributed by atoms with Gasteiger partial charge in [0.05, 0.1) is 16.9 Å². The summed E-state index contributed by atoms with van der Waals surface area (Å²) < 4.78 is 55.3. The zero-order chi connectivity index (χ0) is 18.1. The first-order valence-corrected chi connectivity index (χ1v) is 7.46. The van der Waals surface area contributed by atoms with Crippen LogP contribution in [0, 0.1) is 23.3 Å². The fourth-order valence-electron chi connectivity index (χ4n) is 2.07. The van der Waals surface area contributed by atoms with Crippen LogP contribution in [0.5, 0.6) is 0 Å². The summed E-state index contributed by atoms with van der Waals surface area (Å²) in [5, 5.41) is 6.23. The number of nitrogens with zero attached hydrogens (tertiary/aromatic N) is 3. The summed E-state index contributed by atoms with van der Waals surface area (Å²) in [7, 11) is 0. The Balaban J connectivity index is 2.01. The highest BCUT2D eigenvalue weighted by Gasteiger charge is 2.23. The van der Waals surface area contributed by atoms with Gasteiger partial charge < -0.3 is 5.32 Å². The van der Waals surface area contributed by atoms with Crippen LogP contribution in [-0.2, 0) is 0 Å². The number of amides is 1. The second-order valence-corrected chi connectivity index (χ2v) is 5.72. The summed E-state index contributed by atoms with van der Waals surface area (Å²) >= 11 is 3.21. The Labute approximate surface area is 146 Å². The summed E-state index contributed by atoms with van der Waals surface area (Å²) in [5.41, 5.74) is -0.437. The molecule has 0 bridgehead atoms. The number of anilines is 1. The van der Waals surface area contributed by atoms with E-state index in [1.165, 1.54) is 23.4 Å². The van der Waals surface area contributed by atoms with Crippen LogP contribution in [0.1, 0.15) is 10.4 Å². The Morgan fingerprint density at radius 2 is 1.84 bits per heavy atom. The van der Waals surface area contributed by atoms with E-state index in [4.69, 9.17) is 0 Å². The molecule has 1 aromatic heterocycles. The molecule has 0 aliphatic heterocycles. The van der Waals surface area contributed by atoms with Crippen molar-refractivity contribution < 1.29 is 22.4 Å². The topological polar surface area (TPSA) is 59.8 Å². The lowest BCUT2D eigenvalue weighted by Crippen LogP contribution is -2.17. The number of rotatable bonds is 3. The number of nitrogens with one attached hydrogen (secondary N) is 1. The van der Waals surface area contributed by atoms with Crippen LogP contribution in [-0.4, -0.2) is 20.7 Å². The SMILES string of the molecule is O=C(Nc1cc(Br)ccc1-n1cncn1)c1cc(F)c(F)c(F)c1F. The molecule has 0 fully saturated rings. The molecule has 2 aromatic carbocycles. The van der Waals surface area contributed by atoms with Crippen molar-refractivity contribution in [2.75, 3.05) is 5.32 Å². The minimum Gasteiger partial charge on any atom is -0.320 e. The first kappa shape index (κ1) is 17.1. The van der Waals surface area contributed by atoms with Gasteiger partial charge in [0.25, 0.3) is 5.91 Å². The average Bonchev–Trinajstić information content (AvgIpc) is 3.10. The van der Waals surface area contributed by atoms with E-state index >= 15 is 0 Å². The Hall–Kier alpha value is -2.75. The lowest BCUT2D eigenvalue weighted by molar-refractivity contribution is 0.102. The molecule has 25 heavy (non-hydrogen) atoms. The molecule has 1 heterocycles. The average molecular weight is 415 g/mol. The molecule has 0 aliphatic carbocycles. The van der Waals surface area contributed by atoms with E-state index in [1.54, 1.807) is 12.1 Å². The monoisotopic (exact) mass is 414 g/mol. The van der Waals surface area contributed by atoms with Crippen LogP contribution in [0.25, 0.3) is 5.69 Å². The van der Waals surface area contributed by atoms with Crippen LogP contribution in [0.4, 0.5) is 23.2 Å². The highest BCUT2D eigenvalue weighted by atomic mass is 79.9. The Morgan fingerprint density at radius 1 is 1.08 bits per heavy atom. The van der Waals surface area contributed by atoms with Gasteiger partial charge in [-0.2, -0.15) is 5.10 Å². The highest BCUT2D eigenvalue weighted by molar-refractivity contribution is 9.10. The van der Waals surface area contributed by atoms with E-state index in [2.05, 4.69) is 31.3 Å². The van der Waals surface area contributed by atoms with Crippen molar-refractivity contribution in [3.63, 3.8) is 0 Å². The van der Waals surface area contributed by atoms with Crippen LogP contribution >= 0.6 is 15.9 Å². The Morgan fingerprint density at radius 3 is 2.52 bits per heavy atom. The number of aromatic nitrogens is 3. The van der Waals surface area contributed by atoms with Crippen molar-refractivity contribution in [2.45, 2.75) is 0 Å². The van der Waals surface area contributed by atoms with Crippen molar-refractivity contribution in [1.82, 2.24) is 14.8 Å². The van der Waals surface area contributed by atoms with Crippen LogP contribution in [0.3, 0.4) is 0 Å². The van der Waals surface area contributed by atoms with Gasteiger partial charge in [-0.15, -0.1) is 0 Å². The van der Waals surface area contributed by atoms with E-state index in [1.807, 2.05) is 0 Å². The van der Waals surface area contributed by atoms with Crippen molar-refractivity contribution >= 4 is 27.5 Å². The lowest BCUT2D eigenvalue weighted by Gasteiger charge is -2.12. The van der Waals surface area contributed by atoms with Gasteiger partial charge in [-0.05, 0) is 24.3 Å². The van der Waals surface area contributed by atoms with E-state index in [0.29, 0.717) is 10.2 Å². The highest BCUT2D eigenvalue weighted by Crippen LogP contribution is 2.26. The molecule has 3 rings (SSSR count). The normalized spacial score (nSPS) is 10.8. The van der Waals surface area contributed by atoms with Crippen molar-refractivity contribution in [1.29, 1.82) is 0 Å². The molecule has 10 heteroatoms. The maximum atomic E-state index is 13.8. The standard InChI is InChI=1S/C15H7BrF4N4O/c16-7-1-2-11(24-6-21-5-22-24)10(3-7)23-15(25)8-4-9(17)13(19)14(20)12(8)18/h1-6H,(H,23,25). The molecule has 0 radical (unpaired) electrons. The molecular weight excluding hydrogens is 408 g/mol. The van der Waals surface area contributed by atoms with Crippen LogP contribution in [0.2, 0.25) is 0 Å². The molecule has 128 valence electrons.